The third-order valence-electron chi connectivity index (χ3n) is 4.65. The summed E-state index contributed by atoms with van der Waals surface area (Å²) in [6.45, 7) is 0.671. The number of rotatable bonds is 12. The highest BCUT2D eigenvalue weighted by Gasteiger charge is 2.10. The van der Waals surface area contributed by atoms with Crippen molar-refractivity contribution in [1.82, 2.24) is 5.32 Å². The van der Waals surface area contributed by atoms with E-state index in [-0.39, 0.29) is 6.42 Å². The topological polar surface area (TPSA) is 66.4 Å². The molecule has 0 fully saturated rings. The maximum atomic E-state index is 12.0. The molecule has 4 nitrogen and oxygen atoms in total. The predicted octanol–water partition coefficient (Wildman–Crippen LogP) is 4.27. The van der Waals surface area contributed by atoms with Gasteiger partial charge in [0.15, 0.2) is 0 Å². The smallest absolute Gasteiger partial charge is 0.303 e. The largest absolute Gasteiger partial charge is 0.481 e. The molecule has 1 aromatic carbocycles. The molecule has 1 aromatic rings. The number of nitrogens with one attached hydrogen (secondary N) is 1. The monoisotopic (exact) mass is 355 g/mol. The standard InChI is InChI=1S/C22H29NO3/c24-21(10-4-8-18-6-2-1-3-7-18)16-17-23-20-14-12-19(13-15-20)9-5-11-22(25)26/h1-3,6-7,12,14-15,19,23H,4-5,8-11,13,16-17H2,(H,25,26). The summed E-state index contributed by atoms with van der Waals surface area (Å²) < 4.78 is 0. The molecule has 1 unspecified atom stereocenters. The van der Waals surface area contributed by atoms with E-state index in [9.17, 15) is 9.59 Å². The van der Waals surface area contributed by atoms with E-state index in [1.54, 1.807) is 0 Å². The Labute approximate surface area is 156 Å². The maximum absolute atomic E-state index is 12.0. The van der Waals surface area contributed by atoms with Gasteiger partial charge in [0.2, 0.25) is 0 Å². The normalized spacial score (nSPS) is 16.2. The van der Waals surface area contributed by atoms with E-state index in [0.717, 1.165) is 37.8 Å². The minimum atomic E-state index is -0.726. The van der Waals surface area contributed by atoms with Crippen LogP contribution < -0.4 is 5.32 Å². The van der Waals surface area contributed by atoms with Crippen LogP contribution in [0.4, 0.5) is 0 Å². The van der Waals surface area contributed by atoms with Crippen LogP contribution in [0.15, 0.2) is 54.3 Å². The first-order chi connectivity index (χ1) is 12.6. The molecule has 0 aromatic heterocycles. The zero-order chi connectivity index (χ0) is 18.6. The van der Waals surface area contributed by atoms with E-state index in [1.807, 2.05) is 18.2 Å². The van der Waals surface area contributed by atoms with Crippen LogP contribution in [0.2, 0.25) is 0 Å². The van der Waals surface area contributed by atoms with Crippen LogP contribution in [0.1, 0.15) is 50.5 Å². The molecule has 0 heterocycles. The molecule has 0 saturated carbocycles. The lowest BCUT2D eigenvalue weighted by Crippen LogP contribution is -2.18. The molecule has 0 amide bonds. The molecule has 0 bridgehead atoms. The number of carbonyl (C=O) groups excluding carboxylic acids is 1. The molecule has 0 aliphatic heterocycles. The summed E-state index contributed by atoms with van der Waals surface area (Å²) in [4.78, 5) is 22.5. The lowest BCUT2D eigenvalue weighted by atomic mass is 9.94. The van der Waals surface area contributed by atoms with Crippen molar-refractivity contribution in [3.8, 4) is 0 Å². The lowest BCUT2D eigenvalue weighted by Gasteiger charge is -2.16. The molecular weight excluding hydrogens is 326 g/mol. The number of carboxylic acid groups (broad SMARTS) is 1. The van der Waals surface area contributed by atoms with Crippen molar-refractivity contribution in [3.63, 3.8) is 0 Å². The van der Waals surface area contributed by atoms with Crippen molar-refractivity contribution in [2.75, 3.05) is 6.54 Å². The van der Waals surface area contributed by atoms with Gasteiger partial charge in [-0.3, -0.25) is 9.59 Å². The van der Waals surface area contributed by atoms with Gasteiger partial charge in [-0.25, -0.2) is 0 Å². The highest BCUT2D eigenvalue weighted by Crippen LogP contribution is 2.20. The van der Waals surface area contributed by atoms with Gasteiger partial charge in [-0.15, -0.1) is 0 Å². The summed E-state index contributed by atoms with van der Waals surface area (Å²) in [6.07, 6.45) is 12.2. The number of Topliss-reactive ketones (excluding diaryl/α,β-unsaturated/α-hetero) is 1. The van der Waals surface area contributed by atoms with Gasteiger partial charge in [0.25, 0.3) is 0 Å². The maximum Gasteiger partial charge on any atom is 0.303 e. The number of hydrogen-bond acceptors (Lipinski definition) is 3. The van der Waals surface area contributed by atoms with Crippen molar-refractivity contribution in [2.45, 2.75) is 51.4 Å². The number of benzene rings is 1. The van der Waals surface area contributed by atoms with Crippen molar-refractivity contribution >= 4 is 11.8 Å². The van der Waals surface area contributed by atoms with Gasteiger partial charge >= 0.3 is 5.97 Å². The lowest BCUT2D eigenvalue weighted by molar-refractivity contribution is -0.137. The van der Waals surface area contributed by atoms with E-state index in [2.05, 4.69) is 35.7 Å². The Hall–Kier alpha value is -2.36. The fraction of sp³-hybridized carbons (Fsp3) is 0.455. The van der Waals surface area contributed by atoms with E-state index in [0.29, 0.717) is 31.1 Å². The summed E-state index contributed by atoms with van der Waals surface area (Å²) in [5, 5.41) is 12.0. The van der Waals surface area contributed by atoms with Crippen LogP contribution in [0.5, 0.6) is 0 Å². The van der Waals surface area contributed by atoms with Gasteiger partial charge in [-0.05, 0) is 49.7 Å². The first kappa shape index (κ1) is 20.0. The molecular formula is C22H29NO3. The molecule has 26 heavy (non-hydrogen) atoms. The molecule has 0 spiro atoms. The Kier molecular flexibility index (Phi) is 8.67. The van der Waals surface area contributed by atoms with Gasteiger partial charge in [-0.1, -0.05) is 42.5 Å². The third kappa shape index (κ3) is 8.15. The zero-order valence-electron chi connectivity index (χ0n) is 15.3. The van der Waals surface area contributed by atoms with Crippen LogP contribution >= 0.6 is 0 Å². The number of aryl methyl sites for hydroxylation is 1. The summed E-state index contributed by atoms with van der Waals surface area (Å²) in [5.74, 6) is 0.0102. The second kappa shape index (κ2) is 11.3. The van der Waals surface area contributed by atoms with Gasteiger partial charge in [-0.2, -0.15) is 0 Å². The fourth-order valence-electron chi connectivity index (χ4n) is 3.13. The number of hydrogen-bond donors (Lipinski definition) is 2. The van der Waals surface area contributed by atoms with E-state index >= 15 is 0 Å². The average molecular weight is 355 g/mol. The molecule has 0 saturated heterocycles. The van der Waals surface area contributed by atoms with Gasteiger partial charge in [0.05, 0.1) is 0 Å². The van der Waals surface area contributed by atoms with Crippen LogP contribution in [0.25, 0.3) is 0 Å². The Bertz CT molecular complexity index is 634. The van der Waals surface area contributed by atoms with Gasteiger partial charge in [0, 0.05) is 31.5 Å². The molecule has 1 aliphatic rings. The van der Waals surface area contributed by atoms with Crippen LogP contribution in [-0.4, -0.2) is 23.4 Å². The second-order valence-corrected chi connectivity index (χ2v) is 6.85. The molecule has 2 rings (SSSR count). The number of aliphatic carboxylic acids is 1. The van der Waals surface area contributed by atoms with Crippen molar-refractivity contribution in [2.24, 2.45) is 5.92 Å². The van der Waals surface area contributed by atoms with E-state index in [4.69, 9.17) is 5.11 Å². The molecule has 4 heteroatoms. The molecule has 140 valence electrons. The Morgan fingerprint density at radius 1 is 1.08 bits per heavy atom. The number of allylic oxidation sites excluding steroid dienone is 3. The first-order valence-corrected chi connectivity index (χ1v) is 9.53. The van der Waals surface area contributed by atoms with E-state index in [1.165, 1.54) is 5.56 Å². The highest BCUT2D eigenvalue weighted by atomic mass is 16.4. The second-order valence-electron chi connectivity index (χ2n) is 6.85. The van der Waals surface area contributed by atoms with Crippen LogP contribution in [0.3, 0.4) is 0 Å². The fourth-order valence-corrected chi connectivity index (χ4v) is 3.13. The molecule has 1 atom stereocenters. The molecule has 0 radical (unpaired) electrons. The Morgan fingerprint density at radius 2 is 1.88 bits per heavy atom. The van der Waals surface area contributed by atoms with E-state index < -0.39 is 5.97 Å². The van der Waals surface area contributed by atoms with Crippen LogP contribution in [-0.2, 0) is 16.0 Å². The molecule has 2 N–H and O–H groups in total. The zero-order valence-corrected chi connectivity index (χ0v) is 15.3. The SMILES string of the molecule is O=C(O)CCCC1C=CC(NCCC(=O)CCCc2ccccc2)=CC1. The minimum absolute atomic E-state index is 0.242. The number of carboxylic acids is 1. The van der Waals surface area contributed by atoms with Gasteiger partial charge in [0.1, 0.15) is 5.78 Å². The Morgan fingerprint density at radius 3 is 2.58 bits per heavy atom. The average Bonchev–Trinajstić information content (AvgIpc) is 2.64. The summed E-state index contributed by atoms with van der Waals surface area (Å²) in [7, 11) is 0. The summed E-state index contributed by atoms with van der Waals surface area (Å²) in [5.41, 5.74) is 2.35. The van der Waals surface area contributed by atoms with Crippen LogP contribution in [0, 0.1) is 5.92 Å². The highest BCUT2D eigenvalue weighted by molar-refractivity contribution is 5.78. The number of ketones is 1. The van der Waals surface area contributed by atoms with Gasteiger partial charge < -0.3 is 10.4 Å². The number of carbonyl (C=O) groups is 2. The van der Waals surface area contributed by atoms with Crippen molar-refractivity contribution in [3.05, 3.63) is 59.8 Å². The molecule has 1 aliphatic carbocycles. The first-order valence-electron chi connectivity index (χ1n) is 9.53. The third-order valence-corrected chi connectivity index (χ3v) is 4.65. The van der Waals surface area contributed by atoms with Crippen molar-refractivity contribution in [1.29, 1.82) is 0 Å². The van der Waals surface area contributed by atoms with Crippen molar-refractivity contribution < 1.29 is 14.7 Å². The predicted molar refractivity (Wildman–Crippen MR) is 104 cm³/mol. The summed E-state index contributed by atoms with van der Waals surface area (Å²) in [6, 6.07) is 10.3. The summed E-state index contributed by atoms with van der Waals surface area (Å²) >= 11 is 0. The Balaban J connectivity index is 1.54. The minimum Gasteiger partial charge on any atom is -0.481 e. The quantitative estimate of drug-likeness (QED) is 0.587.